The summed E-state index contributed by atoms with van der Waals surface area (Å²) in [6.45, 7) is 0.703. The monoisotopic (exact) mass is 335 g/mol. The van der Waals surface area contributed by atoms with Crippen molar-refractivity contribution in [3.63, 3.8) is 0 Å². The van der Waals surface area contributed by atoms with Gasteiger partial charge in [0.2, 0.25) is 0 Å². The molecular weight excluding hydrogens is 314 g/mol. The van der Waals surface area contributed by atoms with Crippen molar-refractivity contribution in [2.24, 2.45) is 0 Å². The molecular formula is C20H21N3O2. The number of hydrogen-bond acceptors (Lipinski definition) is 4. The molecule has 0 spiro atoms. The van der Waals surface area contributed by atoms with Gasteiger partial charge >= 0.3 is 5.97 Å². The summed E-state index contributed by atoms with van der Waals surface area (Å²) in [4.78, 5) is 11.4. The second-order valence-corrected chi connectivity index (χ2v) is 6.58. The number of carbonyl (C=O) groups excluding carboxylic acids is 1. The minimum absolute atomic E-state index is 0.228. The Morgan fingerprint density at radius 2 is 2.00 bits per heavy atom. The van der Waals surface area contributed by atoms with Crippen LogP contribution in [0.2, 0.25) is 0 Å². The Bertz CT molecular complexity index is 912. The van der Waals surface area contributed by atoms with E-state index >= 15 is 0 Å². The summed E-state index contributed by atoms with van der Waals surface area (Å²) in [6, 6.07) is 13.1. The van der Waals surface area contributed by atoms with E-state index in [-0.39, 0.29) is 5.97 Å². The molecule has 0 radical (unpaired) electrons. The van der Waals surface area contributed by atoms with Crippen molar-refractivity contribution in [2.45, 2.75) is 38.1 Å². The third-order valence-electron chi connectivity index (χ3n) is 4.88. The average molecular weight is 335 g/mol. The second-order valence-electron chi connectivity index (χ2n) is 6.58. The minimum Gasteiger partial charge on any atom is -0.469 e. The molecule has 1 heterocycles. The Morgan fingerprint density at radius 3 is 2.76 bits per heavy atom. The molecule has 128 valence electrons. The van der Waals surface area contributed by atoms with Gasteiger partial charge < -0.3 is 9.30 Å². The van der Waals surface area contributed by atoms with Gasteiger partial charge in [0.05, 0.1) is 20.1 Å². The van der Waals surface area contributed by atoms with Crippen LogP contribution < -0.4 is 0 Å². The van der Waals surface area contributed by atoms with E-state index in [1.807, 2.05) is 4.57 Å². The van der Waals surface area contributed by atoms with Crippen molar-refractivity contribution < 1.29 is 9.53 Å². The van der Waals surface area contributed by atoms with Crippen LogP contribution in [0.3, 0.4) is 0 Å². The van der Waals surface area contributed by atoms with Crippen molar-refractivity contribution in [3.05, 3.63) is 59.7 Å². The topological polar surface area (TPSA) is 57.0 Å². The predicted molar refractivity (Wildman–Crippen MR) is 95.4 cm³/mol. The molecule has 5 nitrogen and oxygen atoms in total. The maximum atomic E-state index is 11.4. The number of methoxy groups -OCH3 is 1. The third kappa shape index (κ3) is 3.27. The summed E-state index contributed by atoms with van der Waals surface area (Å²) in [5.41, 5.74) is 2.72. The average Bonchev–Trinajstić information content (AvgIpc) is 3.40. The molecule has 2 aromatic carbocycles. The van der Waals surface area contributed by atoms with E-state index in [1.165, 1.54) is 41.9 Å². The second kappa shape index (κ2) is 6.67. The molecule has 1 aliphatic rings. The van der Waals surface area contributed by atoms with E-state index in [1.54, 1.807) is 6.33 Å². The van der Waals surface area contributed by atoms with Gasteiger partial charge in [-0.15, -0.1) is 10.2 Å². The summed E-state index contributed by atoms with van der Waals surface area (Å²) < 4.78 is 6.72. The lowest BCUT2D eigenvalue weighted by atomic mass is 9.97. The van der Waals surface area contributed by atoms with Crippen molar-refractivity contribution in [3.8, 4) is 0 Å². The van der Waals surface area contributed by atoms with E-state index in [2.05, 4.69) is 46.6 Å². The van der Waals surface area contributed by atoms with Gasteiger partial charge in [0.1, 0.15) is 12.2 Å². The van der Waals surface area contributed by atoms with Gasteiger partial charge in [0.25, 0.3) is 0 Å². The molecule has 3 aromatic rings. The first-order valence-electron chi connectivity index (χ1n) is 8.70. The molecule has 0 bridgehead atoms. The van der Waals surface area contributed by atoms with Crippen LogP contribution in [0.25, 0.3) is 10.8 Å². The van der Waals surface area contributed by atoms with Crippen LogP contribution in [0.15, 0.2) is 42.7 Å². The van der Waals surface area contributed by atoms with Crippen LogP contribution in [-0.4, -0.2) is 27.8 Å². The van der Waals surface area contributed by atoms with E-state index in [0.29, 0.717) is 19.4 Å². The largest absolute Gasteiger partial charge is 0.469 e. The highest BCUT2D eigenvalue weighted by molar-refractivity contribution is 5.89. The number of aromatic nitrogens is 3. The van der Waals surface area contributed by atoms with Gasteiger partial charge in [-0.1, -0.05) is 36.4 Å². The van der Waals surface area contributed by atoms with Gasteiger partial charge in [0, 0.05) is 6.42 Å². The summed E-state index contributed by atoms with van der Waals surface area (Å²) in [5, 5.41) is 10.8. The first-order chi connectivity index (χ1) is 12.3. The van der Waals surface area contributed by atoms with Gasteiger partial charge in [0.15, 0.2) is 0 Å². The Morgan fingerprint density at radius 1 is 1.20 bits per heavy atom. The molecule has 0 atom stereocenters. The molecule has 0 unspecified atom stereocenters. The minimum atomic E-state index is -0.228. The van der Waals surface area contributed by atoms with Crippen molar-refractivity contribution in [1.29, 1.82) is 0 Å². The number of carbonyl (C=O) groups is 1. The number of aryl methyl sites for hydroxylation is 1. The molecule has 1 aliphatic carbocycles. The van der Waals surface area contributed by atoms with E-state index in [9.17, 15) is 4.79 Å². The number of hydrogen-bond donors (Lipinski definition) is 0. The van der Waals surface area contributed by atoms with Gasteiger partial charge in [-0.25, -0.2) is 0 Å². The first kappa shape index (κ1) is 15.8. The molecule has 1 aromatic heterocycles. The number of ether oxygens (including phenoxy) is 1. The Balaban J connectivity index is 1.63. The van der Waals surface area contributed by atoms with Gasteiger partial charge in [-0.2, -0.15) is 0 Å². The summed E-state index contributed by atoms with van der Waals surface area (Å²) in [5.74, 6) is 1.30. The van der Waals surface area contributed by atoms with Crippen LogP contribution in [0.4, 0.5) is 0 Å². The number of benzene rings is 2. The van der Waals surface area contributed by atoms with Crippen molar-refractivity contribution >= 4 is 16.7 Å². The van der Waals surface area contributed by atoms with Crippen LogP contribution in [-0.2, 0) is 22.5 Å². The fourth-order valence-corrected chi connectivity index (χ4v) is 3.38. The van der Waals surface area contributed by atoms with Crippen LogP contribution >= 0.6 is 0 Å². The Hall–Kier alpha value is -2.69. The Labute approximate surface area is 146 Å². The molecule has 25 heavy (non-hydrogen) atoms. The summed E-state index contributed by atoms with van der Waals surface area (Å²) in [6.07, 6.45) is 5.18. The summed E-state index contributed by atoms with van der Waals surface area (Å²) in [7, 11) is 1.40. The molecule has 1 saturated carbocycles. The SMILES string of the molecule is COC(=O)CCc1nncn1Cc1ccc(C2CC2)c2ccccc12. The van der Waals surface area contributed by atoms with E-state index in [0.717, 1.165) is 11.7 Å². The van der Waals surface area contributed by atoms with Crippen LogP contribution in [0.5, 0.6) is 0 Å². The van der Waals surface area contributed by atoms with Crippen LogP contribution in [0, 0.1) is 0 Å². The van der Waals surface area contributed by atoms with E-state index in [4.69, 9.17) is 4.74 Å². The molecule has 4 rings (SSSR count). The highest BCUT2D eigenvalue weighted by atomic mass is 16.5. The number of fused-ring (bicyclic) bond motifs is 1. The fraction of sp³-hybridized carbons (Fsp3) is 0.350. The lowest BCUT2D eigenvalue weighted by molar-refractivity contribution is -0.140. The fourth-order valence-electron chi connectivity index (χ4n) is 3.38. The van der Waals surface area contributed by atoms with E-state index < -0.39 is 0 Å². The molecule has 0 aliphatic heterocycles. The van der Waals surface area contributed by atoms with Crippen molar-refractivity contribution in [2.75, 3.05) is 7.11 Å². The number of esters is 1. The lowest BCUT2D eigenvalue weighted by Crippen LogP contribution is -2.09. The standard InChI is InChI=1S/C20H21N3O2/c1-25-20(24)11-10-19-22-21-13-23(19)12-15-8-9-17(14-6-7-14)18-5-3-2-4-16(15)18/h2-5,8-9,13-14H,6-7,10-12H2,1H3. The van der Waals surface area contributed by atoms with Crippen LogP contribution in [0.1, 0.15) is 42.1 Å². The zero-order chi connectivity index (χ0) is 17.2. The summed E-state index contributed by atoms with van der Waals surface area (Å²) >= 11 is 0. The highest BCUT2D eigenvalue weighted by Gasteiger charge is 2.25. The molecule has 1 fully saturated rings. The third-order valence-corrected chi connectivity index (χ3v) is 4.88. The highest BCUT2D eigenvalue weighted by Crippen LogP contribution is 2.43. The molecule has 5 heteroatoms. The first-order valence-corrected chi connectivity index (χ1v) is 8.70. The number of nitrogens with zero attached hydrogens (tertiary/aromatic N) is 3. The molecule has 0 saturated heterocycles. The van der Waals surface area contributed by atoms with Crippen molar-refractivity contribution in [1.82, 2.24) is 14.8 Å². The quantitative estimate of drug-likeness (QED) is 0.647. The lowest BCUT2D eigenvalue weighted by Gasteiger charge is -2.12. The normalized spacial score (nSPS) is 14.0. The zero-order valence-electron chi connectivity index (χ0n) is 14.3. The smallest absolute Gasteiger partial charge is 0.305 e. The maximum absolute atomic E-state index is 11.4. The molecule has 0 amide bonds. The predicted octanol–water partition coefficient (Wildman–Crippen LogP) is 3.46. The molecule has 0 N–H and O–H groups in total. The number of rotatable bonds is 6. The maximum Gasteiger partial charge on any atom is 0.305 e. The zero-order valence-corrected chi connectivity index (χ0v) is 14.3. The Kier molecular flexibility index (Phi) is 4.22. The van der Waals surface area contributed by atoms with Gasteiger partial charge in [-0.3, -0.25) is 4.79 Å². The van der Waals surface area contributed by atoms with Gasteiger partial charge in [-0.05, 0) is 40.7 Å².